The van der Waals surface area contributed by atoms with Crippen LogP contribution >= 0.6 is 0 Å². The molecule has 2 N–H and O–H groups in total. The second-order valence-corrected chi connectivity index (χ2v) is 8.79. The van der Waals surface area contributed by atoms with Gasteiger partial charge >= 0.3 is 11.9 Å². The minimum Gasteiger partial charge on any atom is -0.465 e. The van der Waals surface area contributed by atoms with Crippen LogP contribution in [0.1, 0.15) is 45.6 Å². The highest BCUT2D eigenvalue weighted by Gasteiger charge is 2.49. The molecule has 2 heterocycles. The summed E-state index contributed by atoms with van der Waals surface area (Å²) in [6, 6.07) is 8.02. The average Bonchev–Trinajstić information content (AvgIpc) is 3.21. The van der Waals surface area contributed by atoms with Crippen LogP contribution in [0.15, 0.2) is 30.3 Å². The van der Waals surface area contributed by atoms with Crippen LogP contribution in [0.4, 0.5) is 0 Å². The van der Waals surface area contributed by atoms with Gasteiger partial charge in [-0.3, -0.25) is 14.9 Å². The fraction of sp³-hybridized carbons (Fsp3) is 0.640. The lowest BCUT2D eigenvalue weighted by molar-refractivity contribution is -0.155. The van der Waals surface area contributed by atoms with E-state index in [1.54, 1.807) is 25.7 Å². The standard InChI is InChI=1S/C25H37N3O5/c1-4-32-24(30)20(12-11-18-9-7-6-8-10-18)27-17(3)23(29)28-21(25(31)33-5-2)15-19-13-14-26-16-22(19)28/h6-10,17,19-22,26-27H,4-5,11-16H2,1-3H3/t17-,19-,20-,21+,22+/m1/s1. The molecule has 0 bridgehead atoms. The Morgan fingerprint density at radius 3 is 2.58 bits per heavy atom. The van der Waals surface area contributed by atoms with Gasteiger partial charge in [0.25, 0.3) is 0 Å². The monoisotopic (exact) mass is 459 g/mol. The van der Waals surface area contributed by atoms with Gasteiger partial charge in [-0.1, -0.05) is 30.3 Å². The summed E-state index contributed by atoms with van der Waals surface area (Å²) in [5.74, 6) is -0.624. The molecular formula is C25H37N3O5. The highest BCUT2D eigenvalue weighted by Crippen LogP contribution is 2.35. The predicted molar refractivity (Wildman–Crippen MR) is 124 cm³/mol. The molecule has 1 amide bonds. The second kappa shape index (κ2) is 12.1. The van der Waals surface area contributed by atoms with Crippen molar-refractivity contribution in [3.63, 3.8) is 0 Å². The number of amides is 1. The smallest absolute Gasteiger partial charge is 0.328 e. The van der Waals surface area contributed by atoms with Crippen molar-refractivity contribution in [1.82, 2.24) is 15.5 Å². The summed E-state index contributed by atoms with van der Waals surface area (Å²) in [5, 5.41) is 6.54. The number of nitrogens with one attached hydrogen (secondary N) is 2. The Labute approximate surface area is 196 Å². The van der Waals surface area contributed by atoms with Crippen LogP contribution in [0.5, 0.6) is 0 Å². The third kappa shape index (κ3) is 6.32. The third-order valence-electron chi connectivity index (χ3n) is 6.58. The van der Waals surface area contributed by atoms with Crippen molar-refractivity contribution in [2.75, 3.05) is 26.3 Å². The van der Waals surface area contributed by atoms with E-state index in [2.05, 4.69) is 10.6 Å². The summed E-state index contributed by atoms with van der Waals surface area (Å²) in [5.41, 5.74) is 1.12. The Balaban J connectivity index is 1.72. The Morgan fingerprint density at radius 2 is 1.88 bits per heavy atom. The molecule has 2 aliphatic heterocycles. The highest BCUT2D eigenvalue weighted by molar-refractivity contribution is 5.89. The average molecular weight is 460 g/mol. The lowest BCUT2D eigenvalue weighted by Crippen LogP contribution is -2.58. The quantitative estimate of drug-likeness (QED) is 0.514. The molecule has 1 aromatic rings. The maximum atomic E-state index is 13.6. The normalized spacial score (nSPS) is 24.0. The summed E-state index contributed by atoms with van der Waals surface area (Å²) in [7, 11) is 0. The first-order valence-corrected chi connectivity index (χ1v) is 12.1. The molecule has 1 aromatic carbocycles. The number of fused-ring (bicyclic) bond motifs is 1. The van der Waals surface area contributed by atoms with E-state index in [0.29, 0.717) is 25.8 Å². The lowest BCUT2D eigenvalue weighted by atomic mass is 9.92. The van der Waals surface area contributed by atoms with E-state index in [1.807, 2.05) is 30.3 Å². The van der Waals surface area contributed by atoms with Crippen molar-refractivity contribution >= 4 is 17.8 Å². The van der Waals surface area contributed by atoms with E-state index in [1.165, 1.54) is 0 Å². The molecule has 3 rings (SSSR count). The highest BCUT2D eigenvalue weighted by atomic mass is 16.5. The number of ether oxygens (including phenoxy) is 2. The zero-order valence-electron chi connectivity index (χ0n) is 19.9. The number of hydrogen-bond donors (Lipinski definition) is 2. The number of piperidine rings is 1. The Bertz CT molecular complexity index is 802. The van der Waals surface area contributed by atoms with E-state index in [4.69, 9.17) is 9.47 Å². The Kier molecular flexibility index (Phi) is 9.26. The van der Waals surface area contributed by atoms with Gasteiger partial charge in [-0.05, 0) is 64.5 Å². The molecule has 5 atom stereocenters. The molecule has 8 heteroatoms. The molecule has 182 valence electrons. The molecule has 0 saturated carbocycles. The minimum atomic E-state index is -0.646. The molecule has 2 aliphatic rings. The van der Waals surface area contributed by atoms with E-state index in [-0.39, 0.29) is 43.0 Å². The fourth-order valence-electron chi connectivity index (χ4n) is 4.96. The number of rotatable bonds is 10. The summed E-state index contributed by atoms with van der Waals surface area (Å²) in [4.78, 5) is 40.6. The minimum absolute atomic E-state index is 0.0460. The third-order valence-corrected chi connectivity index (χ3v) is 6.58. The Hall–Kier alpha value is -2.45. The molecule has 2 saturated heterocycles. The van der Waals surface area contributed by atoms with Crippen LogP contribution in [0.25, 0.3) is 0 Å². The van der Waals surface area contributed by atoms with E-state index in [0.717, 1.165) is 18.5 Å². The molecule has 0 unspecified atom stereocenters. The van der Waals surface area contributed by atoms with Gasteiger partial charge in [0.05, 0.1) is 19.3 Å². The van der Waals surface area contributed by atoms with Gasteiger partial charge in [0.1, 0.15) is 12.1 Å². The molecule has 2 fully saturated rings. The van der Waals surface area contributed by atoms with Gasteiger partial charge < -0.3 is 19.7 Å². The maximum absolute atomic E-state index is 13.6. The van der Waals surface area contributed by atoms with E-state index in [9.17, 15) is 14.4 Å². The second-order valence-electron chi connectivity index (χ2n) is 8.79. The van der Waals surface area contributed by atoms with Gasteiger partial charge in [0.2, 0.25) is 5.91 Å². The van der Waals surface area contributed by atoms with Crippen LogP contribution in [0.3, 0.4) is 0 Å². The van der Waals surface area contributed by atoms with Gasteiger partial charge in [0.15, 0.2) is 0 Å². The van der Waals surface area contributed by atoms with Crippen molar-refractivity contribution in [2.24, 2.45) is 5.92 Å². The maximum Gasteiger partial charge on any atom is 0.328 e. The van der Waals surface area contributed by atoms with Gasteiger partial charge in [-0.2, -0.15) is 0 Å². The van der Waals surface area contributed by atoms with Crippen LogP contribution in [-0.4, -0.2) is 73.2 Å². The summed E-state index contributed by atoms with van der Waals surface area (Å²) in [6.07, 6.45) is 2.74. The number of aryl methyl sites for hydroxylation is 1. The van der Waals surface area contributed by atoms with E-state index >= 15 is 0 Å². The summed E-state index contributed by atoms with van der Waals surface area (Å²) in [6.45, 7) is 7.40. The van der Waals surface area contributed by atoms with Crippen LogP contribution in [0, 0.1) is 5.92 Å². The molecule has 0 aromatic heterocycles. The van der Waals surface area contributed by atoms with Crippen LogP contribution in [0.2, 0.25) is 0 Å². The number of likely N-dealkylation sites (tertiary alicyclic amines) is 1. The SMILES string of the molecule is CCOC(=O)[C@@H](CCc1ccccc1)N[C@H](C)C(=O)N1[C@H](C(=O)OCC)C[C@H]2CCNC[C@@H]21. The van der Waals surface area contributed by atoms with Crippen molar-refractivity contribution in [2.45, 2.75) is 70.6 Å². The van der Waals surface area contributed by atoms with Gasteiger partial charge in [0, 0.05) is 12.6 Å². The van der Waals surface area contributed by atoms with Crippen molar-refractivity contribution < 1.29 is 23.9 Å². The number of hydrogen-bond acceptors (Lipinski definition) is 7. The first kappa shape index (κ1) is 25.2. The van der Waals surface area contributed by atoms with Crippen molar-refractivity contribution in [3.8, 4) is 0 Å². The summed E-state index contributed by atoms with van der Waals surface area (Å²) < 4.78 is 10.5. The van der Waals surface area contributed by atoms with Gasteiger partial charge in [-0.15, -0.1) is 0 Å². The molecular weight excluding hydrogens is 422 g/mol. The van der Waals surface area contributed by atoms with Crippen molar-refractivity contribution in [1.29, 1.82) is 0 Å². The first-order valence-electron chi connectivity index (χ1n) is 12.1. The van der Waals surface area contributed by atoms with E-state index < -0.39 is 18.1 Å². The number of esters is 2. The topological polar surface area (TPSA) is 97.0 Å². The molecule has 33 heavy (non-hydrogen) atoms. The molecule has 8 nitrogen and oxygen atoms in total. The molecule has 0 aliphatic carbocycles. The predicted octanol–water partition coefficient (Wildman–Crippen LogP) is 1.67. The largest absolute Gasteiger partial charge is 0.465 e. The first-order chi connectivity index (χ1) is 16.0. The van der Waals surface area contributed by atoms with Crippen LogP contribution < -0.4 is 10.6 Å². The zero-order valence-corrected chi connectivity index (χ0v) is 19.9. The molecule has 0 radical (unpaired) electrons. The van der Waals surface area contributed by atoms with Crippen LogP contribution in [-0.2, 0) is 30.3 Å². The lowest BCUT2D eigenvalue weighted by Gasteiger charge is -2.36. The Morgan fingerprint density at radius 1 is 1.15 bits per heavy atom. The number of carbonyl (C=O) groups is 3. The van der Waals surface area contributed by atoms with Crippen molar-refractivity contribution in [3.05, 3.63) is 35.9 Å². The zero-order chi connectivity index (χ0) is 23.8. The number of benzene rings is 1. The number of carbonyl (C=O) groups excluding carboxylic acids is 3. The fourth-order valence-corrected chi connectivity index (χ4v) is 4.96. The van der Waals surface area contributed by atoms with Gasteiger partial charge in [-0.25, -0.2) is 4.79 Å². The molecule has 0 spiro atoms. The summed E-state index contributed by atoms with van der Waals surface area (Å²) >= 11 is 0. The number of nitrogens with zero attached hydrogens (tertiary/aromatic N) is 1.